The second kappa shape index (κ2) is 6.95. The topological polar surface area (TPSA) is 50.8 Å². The van der Waals surface area contributed by atoms with Crippen LogP contribution in [0.5, 0.6) is 0 Å². The average molecular weight is 258 g/mol. The minimum absolute atomic E-state index is 0.168. The predicted octanol–water partition coefficient (Wildman–Crippen LogP) is 1.62. The largest absolute Gasteiger partial charge is 0.444 e. The SMILES string of the molecule is CCCNCCOC1CN(C(=O)OC(C)(C)C)C1. The second-order valence-electron chi connectivity index (χ2n) is 5.63. The number of hydrogen-bond acceptors (Lipinski definition) is 4. The lowest BCUT2D eigenvalue weighted by Crippen LogP contribution is -2.56. The summed E-state index contributed by atoms with van der Waals surface area (Å²) in [6.07, 6.45) is 1.06. The van der Waals surface area contributed by atoms with E-state index in [9.17, 15) is 4.79 Å². The van der Waals surface area contributed by atoms with Gasteiger partial charge in [0.25, 0.3) is 0 Å². The summed E-state index contributed by atoms with van der Waals surface area (Å²) in [4.78, 5) is 13.3. The molecule has 0 aromatic heterocycles. The number of amides is 1. The van der Waals surface area contributed by atoms with Crippen molar-refractivity contribution in [2.24, 2.45) is 0 Å². The minimum atomic E-state index is -0.424. The van der Waals surface area contributed by atoms with E-state index in [2.05, 4.69) is 12.2 Å². The molecule has 0 aromatic carbocycles. The molecule has 0 spiro atoms. The van der Waals surface area contributed by atoms with Gasteiger partial charge < -0.3 is 19.7 Å². The molecule has 0 bridgehead atoms. The molecular weight excluding hydrogens is 232 g/mol. The molecule has 0 atom stereocenters. The molecule has 5 heteroatoms. The molecule has 5 nitrogen and oxygen atoms in total. The first-order valence-corrected chi connectivity index (χ1v) is 6.72. The van der Waals surface area contributed by atoms with Crippen molar-refractivity contribution in [3.8, 4) is 0 Å². The number of nitrogens with one attached hydrogen (secondary N) is 1. The first-order valence-electron chi connectivity index (χ1n) is 6.72. The monoisotopic (exact) mass is 258 g/mol. The molecule has 1 aliphatic rings. The molecule has 0 saturated carbocycles. The van der Waals surface area contributed by atoms with E-state index in [0.29, 0.717) is 19.7 Å². The molecule has 106 valence electrons. The predicted molar refractivity (Wildman–Crippen MR) is 70.7 cm³/mol. The smallest absolute Gasteiger partial charge is 0.410 e. The molecule has 0 aliphatic carbocycles. The number of carbonyl (C=O) groups excluding carboxylic acids is 1. The molecule has 1 heterocycles. The van der Waals surface area contributed by atoms with Gasteiger partial charge in [-0.15, -0.1) is 0 Å². The zero-order valence-electron chi connectivity index (χ0n) is 12.0. The number of likely N-dealkylation sites (tertiary alicyclic amines) is 1. The van der Waals surface area contributed by atoms with Gasteiger partial charge in [0.15, 0.2) is 0 Å². The molecule has 0 unspecified atom stereocenters. The molecule has 1 aliphatic heterocycles. The van der Waals surface area contributed by atoms with E-state index < -0.39 is 5.60 Å². The highest BCUT2D eigenvalue weighted by atomic mass is 16.6. The zero-order chi connectivity index (χ0) is 13.6. The van der Waals surface area contributed by atoms with Crippen molar-refractivity contribution in [1.29, 1.82) is 0 Å². The molecule has 1 saturated heterocycles. The Hall–Kier alpha value is -0.810. The summed E-state index contributed by atoms with van der Waals surface area (Å²) in [5.41, 5.74) is -0.424. The third-order valence-electron chi connectivity index (χ3n) is 2.56. The van der Waals surface area contributed by atoms with Crippen molar-refractivity contribution < 1.29 is 14.3 Å². The Morgan fingerprint density at radius 2 is 2.00 bits per heavy atom. The van der Waals surface area contributed by atoms with Crippen LogP contribution in [0.1, 0.15) is 34.1 Å². The van der Waals surface area contributed by atoms with E-state index in [-0.39, 0.29) is 12.2 Å². The van der Waals surface area contributed by atoms with Gasteiger partial charge in [0.1, 0.15) is 5.60 Å². The Kier molecular flexibility index (Phi) is 5.88. The highest BCUT2D eigenvalue weighted by Gasteiger charge is 2.34. The summed E-state index contributed by atoms with van der Waals surface area (Å²) in [5, 5.41) is 3.27. The summed E-state index contributed by atoms with van der Waals surface area (Å²) in [6, 6.07) is 0. The van der Waals surface area contributed by atoms with Crippen LogP contribution >= 0.6 is 0 Å². The summed E-state index contributed by atoms with van der Waals surface area (Å²) < 4.78 is 10.9. The van der Waals surface area contributed by atoms with E-state index in [1.807, 2.05) is 20.8 Å². The van der Waals surface area contributed by atoms with Crippen molar-refractivity contribution in [3.63, 3.8) is 0 Å². The third kappa shape index (κ3) is 5.69. The number of hydrogen-bond donors (Lipinski definition) is 1. The first-order chi connectivity index (χ1) is 8.42. The van der Waals surface area contributed by atoms with E-state index in [0.717, 1.165) is 19.5 Å². The summed E-state index contributed by atoms with van der Waals surface area (Å²) in [7, 11) is 0. The highest BCUT2D eigenvalue weighted by molar-refractivity contribution is 5.69. The van der Waals surface area contributed by atoms with Gasteiger partial charge in [-0.1, -0.05) is 6.92 Å². The van der Waals surface area contributed by atoms with Crippen LogP contribution in [0.4, 0.5) is 4.79 Å². The van der Waals surface area contributed by atoms with E-state index >= 15 is 0 Å². The Morgan fingerprint density at radius 3 is 2.56 bits per heavy atom. The fraction of sp³-hybridized carbons (Fsp3) is 0.923. The van der Waals surface area contributed by atoms with Crippen molar-refractivity contribution in [2.75, 3.05) is 32.8 Å². The molecule has 1 amide bonds. The standard InChI is InChI=1S/C13H26N2O3/c1-5-6-14-7-8-17-11-9-15(10-11)12(16)18-13(2,3)4/h11,14H,5-10H2,1-4H3. The molecule has 0 aromatic rings. The van der Waals surface area contributed by atoms with Gasteiger partial charge in [-0.05, 0) is 33.7 Å². The molecule has 1 N–H and O–H groups in total. The van der Waals surface area contributed by atoms with Gasteiger partial charge in [-0.2, -0.15) is 0 Å². The Balaban J connectivity index is 2.04. The van der Waals surface area contributed by atoms with Crippen LogP contribution in [-0.4, -0.2) is 55.5 Å². The maximum Gasteiger partial charge on any atom is 0.410 e. The lowest BCUT2D eigenvalue weighted by molar-refractivity contribution is -0.0619. The van der Waals surface area contributed by atoms with Gasteiger partial charge in [0, 0.05) is 6.54 Å². The van der Waals surface area contributed by atoms with Crippen molar-refractivity contribution >= 4 is 6.09 Å². The van der Waals surface area contributed by atoms with Gasteiger partial charge in [0.05, 0.1) is 25.8 Å². The first kappa shape index (κ1) is 15.2. The normalized spacial score (nSPS) is 16.6. The fourth-order valence-electron chi connectivity index (χ4n) is 1.62. The van der Waals surface area contributed by atoms with Gasteiger partial charge >= 0.3 is 6.09 Å². The Bertz CT molecular complexity index is 257. The maximum absolute atomic E-state index is 11.6. The van der Waals surface area contributed by atoms with Crippen LogP contribution in [0.3, 0.4) is 0 Å². The van der Waals surface area contributed by atoms with Crippen LogP contribution in [0.25, 0.3) is 0 Å². The lowest BCUT2D eigenvalue weighted by atomic mass is 10.2. The highest BCUT2D eigenvalue weighted by Crippen LogP contribution is 2.16. The zero-order valence-corrected chi connectivity index (χ0v) is 12.0. The van der Waals surface area contributed by atoms with Gasteiger partial charge in [-0.3, -0.25) is 0 Å². The van der Waals surface area contributed by atoms with E-state index in [4.69, 9.17) is 9.47 Å². The average Bonchev–Trinajstić information content (AvgIpc) is 2.17. The quantitative estimate of drug-likeness (QED) is 0.736. The number of nitrogens with zero attached hydrogens (tertiary/aromatic N) is 1. The van der Waals surface area contributed by atoms with Gasteiger partial charge in [0.2, 0.25) is 0 Å². The Labute approximate surface area is 110 Å². The third-order valence-corrected chi connectivity index (χ3v) is 2.56. The summed E-state index contributed by atoms with van der Waals surface area (Å²) in [5.74, 6) is 0. The van der Waals surface area contributed by atoms with Crippen LogP contribution in [0, 0.1) is 0 Å². The number of carbonyl (C=O) groups is 1. The van der Waals surface area contributed by atoms with Crippen LogP contribution in [0.2, 0.25) is 0 Å². The molecule has 0 radical (unpaired) electrons. The molecule has 1 fully saturated rings. The lowest BCUT2D eigenvalue weighted by Gasteiger charge is -2.39. The van der Waals surface area contributed by atoms with Crippen molar-refractivity contribution in [2.45, 2.75) is 45.8 Å². The van der Waals surface area contributed by atoms with Crippen molar-refractivity contribution in [3.05, 3.63) is 0 Å². The fourth-order valence-corrected chi connectivity index (χ4v) is 1.62. The van der Waals surface area contributed by atoms with Gasteiger partial charge in [-0.25, -0.2) is 4.79 Å². The number of rotatable bonds is 6. The van der Waals surface area contributed by atoms with Crippen LogP contribution < -0.4 is 5.32 Å². The van der Waals surface area contributed by atoms with Crippen molar-refractivity contribution in [1.82, 2.24) is 10.2 Å². The van der Waals surface area contributed by atoms with Crippen LogP contribution in [-0.2, 0) is 9.47 Å². The Morgan fingerprint density at radius 1 is 1.33 bits per heavy atom. The molecule has 1 rings (SSSR count). The summed E-state index contributed by atoms with van der Waals surface area (Å²) in [6.45, 7) is 11.6. The second-order valence-corrected chi connectivity index (χ2v) is 5.63. The molecular formula is C13H26N2O3. The number of ether oxygens (including phenoxy) is 2. The minimum Gasteiger partial charge on any atom is -0.444 e. The van der Waals surface area contributed by atoms with E-state index in [1.165, 1.54) is 0 Å². The van der Waals surface area contributed by atoms with Crippen LogP contribution in [0.15, 0.2) is 0 Å². The summed E-state index contributed by atoms with van der Waals surface area (Å²) >= 11 is 0. The molecule has 18 heavy (non-hydrogen) atoms. The van der Waals surface area contributed by atoms with E-state index in [1.54, 1.807) is 4.90 Å². The maximum atomic E-state index is 11.6.